The number of halogens is 2. The SMILES string of the molecule is O=C(NCCn1ccnc1)c1ccc(F)c(F)c1. The molecule has 0 saturated heterocycles. The van der Waals surface area contributed by atoms with Crippen molar-refractivity contribution in [1.29, 1.82) is 0 Å². The molecule has 0 aliphatic rings. The minimum Gasteiger partial charge on any atom is -0.350 e. The molecule has 2 rings (SSSR count). The molecule has 94 valence electrons. The first-order valence-electron chi connectivity index (χ1n) is 5.36. The number of carbonyl (C=O) groups is 1. The van der Waals surface area contributed by atoms with Gasteiger partial charge >= 0.3 is 0 Å². The Morgan fingerprint density at radius 3 is 2.83 bits per heavy atom. The fourth-order valence-corrected chi connectivity index (χ4v) is 1.46. The lowest BCUT2D eigenvalue weighted by Gasteiger charge is -2.06. The molecule has 1 aromatic carbocycles. The summed E-state index contributed by atoms with van der Waals surface area (Å²) in [6.07, 6.45) is 5.03. The number of amides is 1. The Kier molecular flexibility index (Phi) is 3.66. The monoisotopic (exact) mass is 251 g/mol. The second kappa shape index (κ2) is 5.39. The van der Waals surface area contributed by atoms with Gasteiger partial charge < -0.3 is 9.88 Å². The van der Waals surface area contributed by atoms with Gasteiger partial charge in [-0.3, -0.25) is 4.79 Å². The van der Waals surface area contributed by atoms with Gasteiger partial charge in [-0.2, -0.15) is 0 Å². The van der Waals surface area contributed by atoms with Crippen LogP contribution in [0.1, 0.15) is 10.4 Å². The molecule has 0 aliphatic heterocycles. The number of nitrogens with zero attached hydrogens (tertiary/aromatic N) is 2. The van der Waals surface area contributed by atoms with Gasteiger partial charge in [-0.1, -0.05) is 0 Å². The lowest BCUT2D eigenvalue weighted by Crippen LogP contribution is -2.27. The standard InChI is InChI=1S/C12H11F2N3O/c13-10-2-1-9(7-11(10)14)12(18)16-4-6-17-5-3-15-8-17/h1-3,5,7-8H,4,6H2,(H,16,18). The predicted molar refractivity (Wildman–Crippen MR) is 60.9 cm³/mol. The van der Waals surface area contributed by atoms with Crippen LogP contribution >= 0.6 is 0 Å². The third kappa shape index (κ3) is 2.91. The van der Waals surface area contributed by atoms with Crippen LogP contribution < -0.4 is 5.32 Å². The van der Waals surface area contributed by atoms with Crippen molar-refractivity contribution >= 4 is 5.91 Å². The van der Waals surface area contributed by atoms with E-state index in [1.807, 2.05) is 0 Å². The zero-order chi connectivity index (χ0) is 13.0. The molecule has 1 amide bonds. The number of hydrogen-bond donors (Lipinski definition) is 1. The summed E-state index contributed by atoms with van der Waals surface area (Å²) in [7, 11) is 0. The number of rotatable bonds is 4. The Balaban J connectivity index is 1.89. The van der Waals surface area contributed by atoms with Gasteiger partial charge in [-0.25, -0.2) is 13.8 Å². The molecule has 1 aromatic heterocycles. The summed E-state index contributed by atoms with van der Waals surface area (Å²) in [4.78, 5) is 15.5. The average Bonchev–Trinajstić information content (AvgIpc) is 2.85. The normalized spacial score (nSPS) is 10.3. The predicted octanol–water partition coefficient (Wildman–Crippen LogP) is 1.59. The van der Waals surface area contributed by atoms with Crippen LogP contribution in [-0.2, 0) is 6.54 Å². The van der Waals surface area contributed by atoms with Gasteiger partial charge in [0, 0.05) is 31.0 Å². The van der Waals surface area contributed by atoms with E-state index in [0.717, 1.165) is 12.1 Å². The van der Waals surface area contributed by atoms with Gasteiger partial charge in [0.15, 0.2) is 11.6 Å². The maximum Gasteiger partial charge on any atom is 0.251 e. The zero-order valence-electron chi connectivity index (χ0n) is 9.44. The van der Waals surface area contributed by atoms with Gasteiger partial charge in [0.05, 0.1) is 6.33 Å². The zero-order valence-corrected chi connectivity index (χ0v) is 9.44. The number of carbonyl (C=O) groups excluding carboxylic acids is 1. The fraction of sp³-hybridized carbons (Fsp3) is 0.167. The highest BCUT2D eigenvalue weighted by atomic mass is 19.2. The molecular formula is C12H11F2N3O. The van der Waals surface area contributed by atoms with Crippen LogP contribution in [-0.4, -0.2) is 22.0 Å². The number of imidazole rings is 1. The Morgan fingerprint density at radius 2 is 2.17 bits per heavy atom. The molecule has 0 spiro atoms. The van der Waals surface area contributed by atoms with E-state index in [4.69, 9.17) is 0 Å². The Labute approximate surface area is 102 Å². The molecule has 0 fully saturated rings. The summed E-state index contributed by atoms with van der Waals surface area (Å²) in [6.45, 7) is 0.948. The summed E-state index contributed by atoms with van der Waals surface area (Å²) >= 11 is 0. The van der Waals surface area contributed by atoms with Gasteiger partial charge in [0.25, 0.3) is 5.91 Å². The quantitative estimate of drug-likeness (QED) is 0.897. The topological polar surface area (TPSA) is 46.9 Å². The van der Waals surface area contributed by atoms with Crippen LogP contribution in [0.15, 0.2) is 36.9 Å². The average molecular weight is 251 g/mol. The molecule has 0 unspecified atom stereocenters. The van der Waals surface area contributed by atoms with Gasteiger partial charge in [0.2, 0.25) is 0 Å². The van der Waals surface area contributed by atoms with Crippen molar-refractivity contribution in [2.45, 2.75) is 6.54 Å². The van der Waals surface area contributed by atoms with Crippen LogP contribution in [0.4, 0.5) is 8.78 Å². The van der Waals surface area contributed by atoms with E-state index in [0.29, 0.717) is 13.1 Å². The highest BCUT2D eigenvalue weighted by molar-refractivity contribution is 5.94. The maximum absolute atomic E-state index is 12.9. The summed E-state index contributed by atoms with van der Waals surface area (Å²) < 4.78 is 27.4. The van der Waals surface area contributed by atoms with Crippen molar-refractivity contribution in [3.8, 4) is 0 Å². The van der Waals surface area contributed by atoms with E-state index in [2.05, 4.69) is 10.3 Å². The first-order chi connectivity index (χ1) is 8.66. The van der Waals surface area contributed by atoms with E-state index in [1.165, 1.54) is 6.07 Å². The highest BCUT2D eigenvalue weighted by Crippen LogP contribution is 2.08. The van der Waals surface area contributed by atoms with Gasteiger partial charge in [0.1, 0.15) is 0 Å². The number of benzene rings is 1. The Morgan fingerprint density at radius 1 is 1.33 bits per heavy atom. The lowest BCUT2D eigenvalue weighted by atomic mass is 10.2. The molecule has 0 saturated carbocycles. The summed E-state index contributed by atoms with van der Waals surface area (Å²) in [6, 6.07) is 3.05. The van der Waals surface area contributed by atoms with Crippen molar-refractivity contribution in [1.82, 2.24) is 14.9 Å². The minimum atomic E-state index is -1.03. The smallest absolute Gasteiger partial charge is 0.251 e. The van der Waals surface area contributed by atoms with Gasteiger partial charge in [-0.15, -0.1) is 0 Å². The molecule has 6 heteroatoms. The van der Waals surface area contributed by atoms with Gasteiger partial charge in [-0.05, 0) is 18.2 Å². The van der Waals surface area contributed by atoms with Crippen LogP contribution in [0, 0.1) is 11.6 Å². The van der Waals surface area contributed by atoms with Crippen LogP contribution in [0.2, 0.25) is 0 Å². The molecule has 0 aliphatic carbocycles. The van der Waals surface area contributed by atoms with Crippen LogP contribution in [0.5, 0.6) is 0 Å². The molecule has 1 heterocycles. The van der Waals surface area contributed by atoms with E-state index in [-0.39, 0.29) is 5.56 Å². The molecular weight excluding hydrogens is 240 g/mol. The van der Waals surface area contributed by atoms with E-state index in [1.54, 1.807) is 23.3 Å². The second-order valence-corrected chi connectivity index (χ2v) is 3.69. The van der Waals surface area contributed by atoms with E-state index < -0.39 is 17.5 Å². The summed E-state index contributed by atoms with van der Waals surface area (Å²) in [5.41, 5.74) is 0.0968. The first-order valence-corrected chi connectivity index (χ1v) is 5.36. The van der Waals surface area contributed by atoms with Crippen molar-refractivity contribution in [2.75, 3.05) is 6.54 Å². The van der Waals surface area contributed by atoms with E-state index >= 15 is 0 Å². The molecule has 4 nitrogen and oxygen atoms in total. The number of aromatic nitrogens is 2. The molecule has 0 radical (unpaired) electrons. The summed E-state index contributed by atoms with van der Waals surface area (Å²) in [5, 5.41) is 2.61. The van der Waals surface area contributed by atoms with E-state index in [9.17, 15) is 13.6 Å². The summed E-state index contributed by atoms with van der Waals surface area (Å²) in [5.74, 6) is -2.43. The Bertz CT molecular complexity index is 540. The van der Waals surface area contributed by atoms with Crippen LogP contribution in [0.25, 0.3) is 0 Å². The third-order valence-corrected chi connectivity index (χ3v) is 2.40. The van der Waals surface area contributed by atoms with Crippen molar-refractivity contribution in [2.24, 2.45) is 0 Å². The van der Waals surface area contributed by atoms with Crippen molar-refractivity contribution in [3.63, 3.8) is 0 Å². The maximum atomic E-state index is 12.9. The molecule has 2 aromatic rings. The molecule has 1 N–H and O–H groups in total. The largest absolute Gasteiger partial charge is 0.350 e. The second-order valence-electron chi connectivity index (χ2n) is 3.69. The highest BCUT2D eigenvalue weighted by Gasteiger charge is 2.08. The van der Waals surface area contributed by atoms with Crippen LogP contribution in [0.3, 0.4) is 0 Å². The molecule has 18 heavy (non-hydrogen) atoms. The third-order valence-electron chi connectivity index (χ3n) is 2.40. The number of nitrogens with one attached hydrogen (secondary N) is 1. The first kappa shape index (κ1) is 12.2. The van der Waals surface area contributed by atoms with Crippen molar-refractivity contribution < 1.29 is 13.6 Å². The lowest BCUT2D eigenvalue weighted by molar-refractivity contribution is 0.0951. The van der Waals surface area contributed by atoms with Crippen molar-refractivity contribution in [3.05, 3.63) is 54.1 Å². The Hall–Kier alpha value is -2.24. The minimum absolute atomic E-state index is 0.0968. The fourth-order valence-electron chi connectivity index (χ4n) is 1.46. The molecule has 0 atom stereocenters. The number of hydrogen-bond acceptors (Lipinski definition) is 2. The molecule has 0 bridgehead atoms.